The van der Waals surface area contributed by atoms with E-state index in [2.05, 4.69) is 10.4 Å². The van der Waals surface area contributed by atoms with Gasteiger partial charge >= 0.3 is 12.3 Å². The molecule has 1 fully saturated rings. The van der Waals surface area contributed by atoms with Crippen LogP contribution >= 0.6 is 0 Å². The van der Waals surface area contributed by atoms with Gasteiger partial charge in [0, 0.05) is 25.2 Å². The molecule has 1 aromatic rings. The number of aromatic amines is 1. The fourth-order valence-electron chi connectivity index (χ4n) is 2.24. The monoisotopic (exact) mass is 320 g/mol. The summed E-state index contributed by atoms with van der Waals surface area (Å²) in [5.74, 6) is 0. The van der Waals surface area contributed by atoms with Crippen LogP contribution < -0.4 is 5.32 Å². The van der Waals surface area contributed by atoms with E-state index in [1.165, 1.54) is 4.90 Å². The number of amides is 1. The van der Waals surface area contributed by atoms with Crippen LogP contribution in [0.3, 0.4) is 0 Å². The van der Waals surface area contributed by atoms with Gasteiger partial charge in [0.25, 0.3) is 0 Å². The van der Waals surface area contributed by atoms with Crippen molar-refractivity contribution in [2.24, 2.45) is 0 Å². The number of ether oxygens (including phenoxy) is 1. The van der Waals surface area contributed by atoms with E-state index in [1.807, 2.05) is 5.10 Å². The molecule has 0 spiro atoms. The summed E-state index contributed by atoms with van der Waals surface area (Å²) in [5.41, 5.74) is -1.54. The second-order valence-corrected chi connectivity index (χ2v) is 6.13. The summed E-state index contributed by atoms with van der Waals surface area (Å²) in [6.45, 7) is 6.07. The summed E-state index contributed by atoms with van der Waals surface area (Å²) < 4.78 is 44.0. The Morgan fingerprint density at radius 3 is 2.68 bits per heavy atom. The molecule has 1 saturated heterocycles. The largest absolute Gasteiger partial charge is 0.444 e. The molecular weight excluding hydrogens is 301 g/mol. The Balaban J connectivity index is 2.12. The third-order valence-corrected chi connectivity index (χ3v) is 3.15. The highest BCUT2D eigenvalue weighted by Crippen LogP contribution is 2.33. The summed E-state index contributed by atoms with van der Waals surface area (Å²) in [6, 6.07) is -0.642. The SMILES string of the molecule is CC(C)(C)OC(=O)N1CCNC(c2cn[nH]c2C(F)(F)F)C1. The van der Waals surface area contributed by atoms with Crippen molar-refractivity contribution in [2.75, 3.05) is 19.6 Å². The van der Waals surface area contributed by atoms with Crippen LogP contribution in [0.2, 0.25) is 0 Å². The van der Waals surface area contributed by atoms with Gasteiger partial charge in [0.15, 0.2) is 0 Å². The van der Waals surface area contributed by atoms with Crippen LogP contribution in [0.15, 0.2) is 6.20 Å². The third kappa shape index (κ3) is 3.90. The minimum Gasteiger partial charge on any atom is -0.444 e. The number of rotatable bonds is 1. The van der Waals surface area contributed by atoms with E-state index in [0.29, 0.717) is 13.1 Å². The van der Waals surface area contributed by atoms with Crippen molar-refractivity contribution in [3.63, 3.8) is 0 Å². The number of carbonyl (C=O) groups excluding carboxylic acids is 1. The molecule has 22 heavy (non-hydrogen) atoms. The zero-order valence-electron chi connectivity index (χ0n) is 12.6. The van der Waals surface area contributed by atoms with Gasteiger partial charge in [-0.1, -0.05) is 0 Å². The molecule has 1 aliphatic heterocycles. The maximum Gasteiger partial charge on any atom is 0.433 e. The van der Waals surface area contributed by atoms with Gasteiger partial charge in [-0.15, -0.1) is 0 Å². The lowest BCUT2D eigenvalue weighted by Gasteiger charge is -2.35. The number of alkyl halides is 3. The number of hydrogen-bond acceptors (Lipinski definition) is 4. The first-order chi connectivity index (χ1) is 10.1. The molecular formula is C13H19F3N4O2. The van der Waals surface area contributed by atoms with E-state index >= 15 is 0 Å². The first kappa shape index (κ1) is 16.6. The Morgan fingerprint density at radius 2 is 2.09 bits per heavy atom. The summed E-state index contributed by atoms with van der Waals surface area (Å²) in [4.78, 5) is 13.4. The number of hydrogen-bond donors (Lipinski definition) is 2. The van der Waals surface area contributed by atoms with E-state index in [9.17, 15) is 18.0 Å². The lowest BCUT2D eigenvalue weighted by Crippen LogP contribution is -2.50. The molecule has 0 saturated carbocycles. The first-order valence-electron chi connectivity index (χ1n) is 6.90. The summed E-state index contributed by atoms with van der Waals surface area (Å²) in [6.07, 6.45) is -3.91. The Bertz CT molecular complexity index is 536. The molecule has 0 aliphatic carbocycles. The van der Waals surface area contributed by atoms with Crippen LogP contribution in [0, 0.1) is 0 Å². The lowest BCUT2D eigenvalue weighted by molar-refractivity contribution is -0.142. The molecule has 6 nitrogen and oxygen atoms in total. The standard InChI is InChI=1S/C13H19F3N4O2/c1-12(2,3)22-11(21)20-5-4-17-9(7-20)8-6-18-19-10(8)13(14,15)16/h6,9,17H,4-5,7H2,1-3H3,(H,18,19). The van der Waals surface area contributed by atoms with Crippen LogP contribution in [0.1, 0.15) is 38.1 Å². The number of carbonyl (C=O) groups is 1. The molecule has 1 unspecified atom stereocenters. The van der Waals surface area contributed by atoms with Gasteiger partial charge in [-0.05, 0) is 20.8 Å². The second kappa shape index (κ2) is 5.79. The maximum absolute atomic E-state index is 12.9. The maximum atomic E-state index is 12.9. The Kier molecular flexibility index (Phi) is 4.37. The Hall–Kier alpha value is -1.77. The molecule has 2 heterocycles. The van der Waals surface area contributed by atoms with Crippen molar-refractivity contribution in [2.45, 2.75) is 38.6 Å². The van der Waals surface area contributed by atoms with Crippen LogP contribution in [0.25, 0.3) is 0 Å². The molecule has 0 radical (unpaired) electrons. The van der Waals surface area contributed by atoms with Gasteiger partial charge in [-0.2, -0.15) is 18.3 Å². The average Bonchev–Trinajstić information content (AvgIpc) is 2.86. The lowest BCUT2D eigenvalue weighted by atomic mass is 10.1. The van der Waals surface area contributed by atoms with Crippen molar-refractivity contribution in [1.29, 1.82) is 0 Å². The summed E-state index contributed by atoms with van der Waals surface area (Å²) in [5, 5.41) is 8.42. The van der Waals surface area contributed by atoms with Gasteiger partial charge in [0.2, 0.25) is 0 Å². The van der Waals surface area contributed by atoms with E-state index < -0.39 is 29.6 Å². The topological polar surface area (TPSA) is 70.2 Å². The quantitative estimate of drug-likeness (QED) is 0.833. The zero-order valence-corrected chi connectivity index (χ0v) is 12.6. The number of piperazine rings is 1. The minimum absolute atomic E-state index is 0.000702. The number of nitrogens with zero attached hydrogens (tertiary/aromatic N) is 2. The molecule has 1 aromatic heterocycles. The molecule has 2 rings (SSSR count). The van der Waals surface area contributed by atoms with Crippen molar-refractivity contribution in [3.05, 3.63) is 17.5 Å². The molecule has 1 amide bonds. The third-order valence-electron chi connectivity index (χ3n) is 3.15. The Labute approximate surface area is 126 Å². The minimum atomic E-state index is -4.51. The summed E-state index contributed by atoms with van der Waals surface area (Å²) >= 11 is 0. The molecule has 0 aromatic carbocycles. The van der Waals surface area contributed by atoms with Crippen LogP contribution in [0.4, 0.5) is 18.0 Å². The number of halogens is 3. The molecule has 0 bridgehead atoms. The van der Waals surface area contributed by atoms with E-state index in [4.69, 9.17) is 4.74 Å². The van der Waals surface area contributed by atoms with Gasteiger partial charge in [-0.25, -0.2) is 4.79 Å². The molecule has 1 aliphatic rings. The number of H-pyrrole nitrogens is 1. The Morgan fingerprint density at radius 1 is 1.41 bits per heavy atom. The highest BCUT2D eigenvalue weighted by atomic mass is 19.4. The fraction of sp³-hybridized carbons (Fsp3) is 0.692. The van der Waals surface area contributed by atoms with Crippen LogP contribution in [0.5, 0.6) is 0 Å². The molecule has 9 heteroatoms. The van der Waals surface area contributed by atoms with Gasteiger partial charge in [-0.3, -0.25) is 5.10 Å². The molecule has 2 N–H and O–H groups in total. The normalized spacial score (nSPS) is 20.1. The highest BCUT2D eigenvalue weighted by molar-refractivity contribution is 5.68. The van der Waals surface area contributed by atoms with Crippen LogP contribution in [-0.2, 0) is 10.9 Å². The zero-order chi connectivity index (χ0) is 16.5. The smallest absolute Gasteiger partial charge is 0.433 e. The number of nitrogens with one attached hydrogen (secondary N) is 2. The van der Waals surface area contributed by atoms with Crippen molar-refractivity contribution in [1.82, 2.24) is 20.4 Å². The molecule has 1 atom stereocenters. The van der Waals surface area contributed by atoms with Gasteiger partial charge in [0.1, 0.15) is 11.3 Å². The highest BCUT2D eigenvalue weighted by Gasteiger charge is 2.39. The van der Waals surface area contributed by atoms with Gasteiger partial charge in [0.05, 0.1) is 12.2 Å². The predicted octanol–water partition coefficient (Wildman–Crippen LogP) is 2.31. The van der Waals surface area contributed by atoms with Crippen molar-refractivity contribution >= 4 is 6.09 Å². The van der Waals surface area contributed by atoms with E-state index in [0.717, 1.165) is 6.20 Å². The fourth-order valence-corrected chi connectivity index (χ4v) is 2.24. The average molecular weight is 320 g/mol. The summed E-state index contributed by atoms with van der Waals surface area (Å²) in [7, 11) is 0. The second-order valence-electron chi connectivity index (χ2n) is 6.13. The predicted molar refractivity (Wildman–Crippen MR) is 72.1 cm³/mol. The molecule has 124 valence electrons. The van der Waals surface area contributed by atoms with E-state index in [1.54, 1.807) is 20.8 Å². The number of aromatic nitrogens is 2. The van der Waals surface area contributed by atoms with Crippen molar-refractivity contribution in [3.8, 4) is 0 Å². The van der Waals surface area contributed by atoms with Crippen LogP contribution in [-0.4, -0.2) is 46.4 Å². The van der Waals surface area contributed by atoms with Crippen molar-refractivity contribution < 1.29 is 22.7 Å². The first-order valence-corrected chi connectivity index (χ1v) is 6.90. The van der Waals surface area contributed by atoms with Gasteiger partial charge < -0.3 is 15.0 Å². The van der Waals surface area contributed by atoms with E-state index in [-0.39, 0.29) is 12.1 Å².